The van der Waals surface area contributed by atoms with Gasteiger partial charge in [0.1, 0.15) is 11.6 Å². The van der Waals surface area contributed by atoms with Crippen molar-refractivity contribution in [3.05, 3.63) is 39.4 Å². The molecule has 136 valence electrons. The van der Waals surface area contributed by atoms with Gasteiger partial charge in [0.2, 0.25) is 5.88 Å². The molecule has 8 heteroatoms. The topological polar surface area (TPSA) is 71.4 Å². The van der Waals surface area contributed by atoms with Crippen LogP contribution >= 0.6 is 22.9 Å². The van der Waals surface area contributed by atoms with Crippen LogP contribution in [0.3, 0.4) is 0 Å². The highest BCUT2D eigenvalue weighted by Gasteiger charge is 2.05. The first kappa shape index (κ1) is 19.5. The molecule has 0 aliphatic rings. The molecule has 0 atom stereocenters. The van der Waals surface area contributed by atoms with E-state index in [0.29, 0.717) is 36.5 Å². The van der Waals surface area contributed by atoms with Crippen LogP contribution in [0.15, 0.2) is 28.7 Å². The molecule has 0 aliphatic carbocycles. The summed E-state index contributed by atoms with van der Waals surface area (Å²) in [6.45, 7) is 8.77. The van der Waals surface area contributed by atoms with E-state index in [-0.39, 0.29) is 0 Å². The number of ether oxygens (including phenoxy) is 1. The highest BCUT2D eigenvalue weighted by molar-refractivity contribution is 7.09. The second-order valence-electron chi connectivity index (χ2n) is 5.61. The Hall–Kier alpha value is -1.86. The molecule has 0 bridgehead atoms. The molecule has 0 saturated heterocycles. The van der Waals surface area contributed by atoms with Crippen molar-refractivity contribution in [2.45, 2.75) is 33.2 Å². The third-order valence-corrected chi connectivity index (χ3v) is 4.30. The average Bonchev–Trinajstić information content (AvgIpc) is 3.07. The molecule has 0 spiro atoms. The van der Waals surface area contributed by atoms with Gasteiger partial charge in [0.15, 0.2) is 5.96 Å². The van der Waals surface area contributed by atoms with Gasteiger partial charge in [-0.3, -0.25) is 0 Å². The summed E-state index contributed by atoms with van der Waals surface area (Å²) in [6, 6.07) is 3.50. The van der Waals surface area contributed by atoms with Crippen molar-refractivity contribution in [2.24, 2.45) is 4.99 Å². The fourth-order valence-corrected chi connectivity index (χ4v) is 2.91. The number of pyridine rings is 1. The molecule has 0 unspecified atom stereocenters. The van der Waals surface area contributed by atoms with E-state index < -0.39 is 0 Å². The van der Waals surface area contributed by atoms with Gasteiger partial charge in [-0.25, -0.2) is 15.0 Å². The summed E-state index contributed by atoms with van der Waals surface area (Å²) in [7, 11) is 0. The molecular formula is C17H24ClN5OS. The van der Waals surface area contributed by atoms with Crippen molar-refractivity contribution < 1.29 is 4.74 Å². The summed E-state index contributed by atoms with van der Waals surface area (Å²) in [4.78, 5) is 13.3. The van der Waals surface area contributed by atoms with E-state index in [1.54, 1.807) is 29.7 Å². The van der Waals surface area contributed by atoms with E-state index in [2.05, 4.69) is 44.8 Å². The lowest BCUT2D eigenvalue weighted by molar-refractivity contribution is 0.309. The fourth-order valence-electron chi connectivity index (χ4n) is 1.92. The highest BCUT2D eigenvalue weighted by atomic mass is 35.5. The third kappa shape index (κ3) is 6.88. The Kier molecular flexibility index (Phi) is 7.94. The third-order valence-electron chi connectivity index (χ3n) is 3.22. The molecule has 0 amide bonds. The zero-order valence-electron chi connectivity index (χ0n) is 14.8. The van der Waals surface area contributed by atoms with Gasteiger partial charge in [0, 0.05) is 24.2 Å². The molecule has 2 N–H and O–H groups in total. The van der Waals surface area contributed by atoms with Crippen molar-refractivity contribution in [1.29, 1.82) is 0 Å². The number of aliphatic imine (C=N–C) groups is 1. The maximum absolute atomic E-state index is 5.79. The van der Waals surface area contributed by atoms with Gasteiger partial charge in [-0.05, 0) is 18.9 Å². The van der Waals surface area contributed by atoms with Gasteiger partial charge in [0.25, 0.3) is 0 Å². The summed E-state index contributed by atoms with van der Waals surface area (Å²) >= 11 is 7.44. The Morgan fingerprint density at radius 3 is 2.84 bits per heavy atom. The molecule has 2 aromatic rings. The quantitative estimate of drug-likeness (QED) is 0.416. The van der Waals surface area contributed by atoms with E-state index in [0.717, 1.165) is 23.2 Å². The largest absolute Gasteiger partial charge is 0.476 e. The smallest absolute Gasteiger partial charge is 0.213 e. The van der Waals surface area contributed by atoms with Crippen LogP contribution in [0.4, 0.5) is 0 Å². The Labute approximate surface area is 157 Å². The van der Waals surface area contributed by atoms with Gasteiger partial charge in [0.05, 0.1) is 23.8 Å². The normalized spacial score (nSPS) is 11.6. The zero-order chi connectivity index (χ0) is 18.1. The summed E-state index contributed by atoms with van der Waals surface area (Å²) in [6.07, 6.45) is 1.56. The predicted octanol–water partition coefficient (Wildman–Crippen LogP) is 3.45. The van der Waals surface area contributed by atoms with E-state index in [9.17, 15) is 0 Å². The number of guanidine groups is 1. The molecule has 0 aromatic carbocycles. The van der Waals surface area contributed by atoms with Gasteiger partial charge in [-0.15, -0.1) is 11.3 Å². The number of hydrogen-bond acceptors (Lipinski definition) is 5. The highest BCUT2D eigenvalue weighted by Crippen LogP contribution is 2.18. The first-order valence-electron chi connectivity index (χ1n) is 8.29. The standard InChI is InChI=1S/C17H24ClN5OS/c1-4-19-17(22-10-16-23-14(11-25-16)12(2)3)20-7-8-24-15-6-5-13(18)9-21-15/h5-6,9,11-12H,4,7-8,10H2,1-3H3,(H2,19,20,22). The van der Waals surface area contributed by atoms with Crippen LogP contribution in [0.25, 0.3) is 0 Å². The Morgan fingerprint density at radius 1 is 1.36 bits per heavy atom. The molecule has 25 heavy (non-hydrogen) atoms. The number of aromatic nitrogens is 2. The summed E-state index contributed by atoms with van der Waals surface area (Å²) < 4.78 is 5.56. The molecular weight excluding hydrogens is 358 g/mol. The predicted molar refractivity (Wildman–Crippen MR) is 104 cm³/mol. The van der Waals surface area contributed by atoms with Crippen molar-refractivity contribution in [3.63, 3.8) is 0 Å². The van der Waals surface area contributed by atoms with Crippen LogP contribution in [0.5, 0.6) is 5.88 Å². The summed E-state index contributed by atoms with van der Waals surface area (Å²) in [5.41, 5.74) is 1.12. The second-order valence-corrected chi connectivity index (χ2v) is 6.98. The minimum absolute atomic E-state index is 0.443. The molecule has 0 radical (unpaired) electrons. The monoisotopic (exact) mass is 381 g/mol. The first-order valence-corrected chi connectivity index (χ1v) is 9.55. The van der Waals surface area contributed by atoms with E-state index in [4.69, 9.17) is 16.3 Å². The zero-order valence-corrected chi connectivity index (χ0v) is 16.3. The van der Waals surface area contributed by atoms with Crippen molar-refractivity contribution in [2.75, 3.05) is 19.7 Å². The van der Waals surface area contributed by atoms with Crippen molar-refractivity contribution in [1.82, 2.24) is 20.6 Å². The van der Waals surface area contributed by atoms with Crippen LogP contribution in [0.1, 0.15) is 37.4 Å². The number of nitrogens with zero attached hydrogens (tertiary/aromatic N) is 3. The van der Waals surface area contributed by atoms with Crippen LogP contribution < -0.4 is 15.4 Å². The number of thiazole rings is 1. The Balaban J connectivity index is 1.79. The molecule has 0 aliphatic heterocycles. The Bertz CT molecular complexity index is 672. The summed E-state index contributed by atoms with van der Waals surface area (Å²) in [5, 5.41) is 10.2. The van der Waals surface area contributed by atoms with E-state index in [1.807, 2.05) is 6.92 Å². The van der Waals surface area contributed by atoms with Crippen LogP contribution in [0.2, 0.25) is 5.02 Å². The SMILES string of the molecule is CCNC(=NCc1nc(C(C)C)cs1)NCCOc1ccc(Cl)cn1. The van der Waals surface area contributed by atoms with E-state index in [1.165, 1.54) is 0 Å². The number of halogens is 1. The minimum Gasteiger partial charge on any atom is -0.476 e. The number of nitrogens with one attached hydrogen (secondary N) is 2. The lowest BCUT2D eigenvalue weighted by atomic mass is 10.2. The van der Waals surface area contributed by atoms with Gasteiger partial charge < -0.3 is 15.4 Å². The fraction of sp³-hybridized carbons (Fsp3) is 0.471. The number of hydrogen-bond donors (Lipinski definition) is 2. The van der Waals surface area contributed by atoms with Crippen molar-refractivity contribution >= 4 is 28.9 Å². The van der Waals surface area contributed by atoms with E-state index >= 15 is 0 Å². The lowest BCUT2D eigenvalue weighted by Crippen LogP contribution is -2.39. The van der Waals surface area contributed by atoms with Crippen LogP contribution in [0, 0.1) is 0 Å². The van der Waals surface area contributed by atoms with Gasteiger partial charge >= 0.3 is 0 Å². The molecule has 0 saturated carbocycles. The molecule has 0 fully saturated rings. The maximum Gasteiger partial charge on any atom is 0.213 e. The molecule has 2 aromatic heterocycles. The molecule has 2 heterocycles. The van der Waals surface area contributed by atoms with Gasteiger partial charge in [-0.1, -0.05) is 25.4 Å². The van der Waals surface area contributed by atoms with Gasteiger partial charge in [-0.2, -0.15) is 0 Å². The second kappa shape index (κ2) is 10.2. The molecule has 2 rings (SSSR count). The van der Waals surface area contributed by atoms with Crippen LogP contribution in [-0.4, -0.2) is 35.6 Å². The Morgan fingerprint density at radius 2 is 2.20 bits per heavy atom. The average molecular weight is 382 g/mol. The van der Waals surface area contributed by atoms with Crippen LogP contribution in [-0.2, 0) is 6.54 Å². The van der Waals surface area contributed by atoms with Crippen molar-refractivity contribution in [3.8, 4) is 5.88 Å². The molecule has 6 nitrogen and oxygen atoms in total. The first-order chi connectivity index (χ1) is 12.1. The minimum atomic E-state index is 0.443. The lowest BCUT2D eigenvalue weighted by Gasteiger charge is -2.11. The summed E-state index contributed by atoms with van der Waals surface area (Å²) in [5.74, 6) is 1.74. The number of rotatable bonds is 8. The maximum atomic E-state index is 5.79.